The zero-order valence-corrected chi connectivity index (χ0v) is 11.5. The maximum Gasteiger partial charge on any atom is 0.269 e. The Morgan fingerprint density at radius 2 is 2.21 bits per heavy atom. The van der Waals surface area contributed by atoms with Gasteiger partial charge in [-0.2, -0.15) is 0 Å². The molecule has 0 fully saturated rings. The molecule has 0 saturated carbocycles. The Kier molecular flexibility index (Phi) is 4.65. The van der Waals surface area contributed by atoms with Gasteiger partial charge in [-0.25, -0.2) is 0 Å². The van der Waals surface area contributed by atoms with E-state index in [9.17, 15) is 10.1 Å². The minimum atomic E-state index is -0.361. The van der Waals surface area contributed by atoms with Crippen molar-refractivity contribution in [3.8, 4) is 0 Å². The highest BCUT2D eigenvalue weighted by molar-refractivity contribution is 7.10. The fourth-order valence-corrected chi connectivity index (χ4v) is 2.84. The Morgan fingerprint density at radius 1 is 1.37 bits per heavy atom. The third-order valence-electron chi connectivity index (χ3n) is 2.97. The van der Waals surface area contributed by atoms with Crippen LogP contribution in [0.3, 0.4) is 0 Å². The topological polar surface area (TPSA) is 55.2 Å². The van der Waals surface area contributed by atoms with E-state index in [0.717, 1.165) is 12.0 Å². The maximum atomic E-state index is 10.7. The summed E-state index contributed by atoms with van der Waals surface area (Å²) in [5.74, 6) is 0. The summed E-state index contributed by atoms with van der Waals surface area (Å²) in [5.41, 5.74) is 1.08. The van der Waals surface area contributed by atoms with Gasteiger partial charge in [0.15, 0.2) is 0 Å². The van der Waals surface area contributed by atoms with Crippen LogP contribution in [0.4, 0.5) is 5.69 Å². The highest BCUT2D eigenvalue weighted by Crippen LogP contribution is 2.22. The first-order valence-electron chi connectivity index (χ1n) is 6.21. The molecule has 5 heteroatoms. The van der Waals surface area contributed by atoms with E-state index in [4.69, 9.17) is 0 Å². The maximum absolute atomic E-state index is 10.7. The summed E-state index contributed by atoms with van der Waals surface area (Å²) in [5, 5.41) is 16.2. The van der Waals surface area contributed by atoms with Crippen LogP contribution in [0, 0.1) is 10.1 Å². The smallest absolute Gasteiger partial charge is 0.269 e. The molecule has 4 nitrogen and oxygen atoms in total. The standard InChI is InChI=1S/C14H16N2O2S/c1-2-13(14-7-4-8-19-14)15-10-11-5-3-6-12(9-11)16(17)18/h3-9,13,15H,2,10H2,1H3. The lowest BCUT2D eigenvalue weighted by Crippen LogP contribution is -2.19. The zero-order chi connectivity index (χ0) is 13.7. The van der Waals surface area contributed by atoms with E-state index in [1.165, 1.54) is 10.9 Å². The van der Waals surface area contributed by atoms with Gasteiger partial charge in [0, 0.05) is 29.6 Å². The van der Waals surface area contributed by atoms with Crippen molar-refractivity contribution in [1.29, 1.82) is 0 Å². The normalized spacial score (nSPS) is 12.3. The third-order valence-corrected chi connectivity index (χ3v) is 3.95. The van der Waals surface area contributed by atoms with Gasteiger partial charge >= 0.3 is 0 Å². The van der Waals surface area contributed by atoms with Gasteiger partial charge in [0.2, 0.25) is 0 Å². The molecule has 100 valence electrons. The van der Waals surface area contributed by atoms with Crippen molar-refractivity contribution in [2.75, 3.05) is 0 Å². The van der Waals surface area contributed by atoms with Gasteiger partial charge in [0.05, 0.1) is 4.92 Å². The van der Waals surface area contributed by atoms with Crippen molar-refractivity contribution in [3.05, 3.63) is 62.3 Å². The van der Waals surface area contributed by atoms with Crippen molar-refractivity contribution >= 4 is 17.0 Å². The summed E-state index contributed by atoms with van der Waals surface area (Å²) < 4.78 is 0. The number of hydrogen-bond donors (Lipinski definition) is 1. The number of hydrogen-bond acceptors (Lipinski definition) is 4. The van der Waals surface area contributed by atoms with E-state index >= 15 is 0 Å². The van der Waals surface area contributed by atoms with Gasteiger partial charge in [-0.15, -0.1) is 11.3 Å². The summed E-state index contributed by atoms with van der Waals surface area (Å²) in [6.45, 7) is 2.77. The number of nitro groups is 1. The monoisotopic (exact) mass is 276 g/mol. The van der Waals surface area contributed by atoms with Crippen molar-refractivity contribution in [3.63, 3.8) is 0 Å². The first kappa shape index (κ1) is 13.7. The van der Waals surface area contributed by atoms with E-state index in [1.807, 2.05) is 12.1 Å². The SMILES string of the molecule is CCC(NCc1cccc([N+](=O)[O-])c1)c1cccs1. The lowest BCUT2D eigenvalue weighted by atomic mass is 10.1. The van der Waals surface area contributed by atoms with Gasteiger partial charge in [-0.05, 0) is 23.4 Å². The first-order chi connectivity index (χ1) is 9.20. The van der Waals surface area contributed by atoms with Gasteiger partial charge in [0.25, 0.3) is 5.69 Å². The number of nitrogens with zero attached hydrogens (tertiary/aromatic N) is 1. The molecule has 1 aromatic carbocycles. The van der Waals surface area contributed by atoms with Crippen LogP contribution in [0.1, 0.15) is 29.8 Å². The molecule has 19 heavy (non-hydrogen) atoms. The van der Waals surface area contributed by atoms with Gasteiger partial charge in [0.1, 0.15) is 0 Å². The number of non-ortho nitro benzene ring substituents is 1. The quantitative estimate of drug-likeness (QED) is 0.643. The predicted octanol–water partition coefficient (Wildman–Crippen LogP) is 3.90. The molecule has 1 unspecified atom stereocenters. The molecule has 1 atom stereocenters. The molecule has 2 aromatic rings. The van der Waals surface area contributed by atoms with Gasteiger partial charge < -0.3 is 5.32 Å². The van der Waals surface area contributed by atoms with Crippen LogP contribution < -0.4 is 5.32 Å². The molecule has 0 aliphatic carbocycles. The molecule has 0 radical (unpaired) electrons. The first-order valence-corrected chi connectivity index (χ1v) is 7.08. The number of benzene rings is 1. The lowest BCUT2D eigenvalue weighted by Gasteiger charge is -2.15. The number of rotatable bonds is 6. The van der Waals surface area contributed by atoms with Crippen LogP contribution in [0.2, 0.25) is 0 Å². The van der Waals surface area contributed by atoms with Crippen LogP contribution in [-0.2, 0) is 6.54 Å². The summed E-state index contributed by atoms with van der Waals surface area (Å²) in [4.78, 5) is 11.7. The second-order valence-electron chi connectivity index (χ2n) is 4.28. The third kappa shape index (κ3) is 3.62. The van der Waals surface area contributed by atoms with Crippen LogP contribution in [0.25, 0.3) is 0 Å². The minimum absolute atomic E-state index is 0.142. The molecule has 1 aromatic heterocycles. The second-order valence-corrected chi connectivity index (χ2v) is 5.26. The molecule has 0 aliphatic heterocycles. The largest absolute Gasteiger partial charge is 0.305 e. The molecule has 2 rings (SSSR count). The Labute approximate surface area is 116 Å². The van der Waals surface area contributed by atoms with Gasteiger partial charge in [-0.1, -0.05) is 25.1 Å². The number of nitrogens with one attached hydrogen (secondary N) is 1. The molecule has 0 amide bonds. The van der Waals surface area contributed by atoms with E-state index in [1.54, 1.807) is 23.5 Å². The van der Waals surface area contributed by atoms with Gasteiger partial charge in [-0.3, -0.25) is 10.1 Å². The summed E-state index contributed by atoms with van der Waals surface area (Å²) >= 11 is 1.73. The molecular formula is C14H16N2O2S. The van der Waals surface area contributed by atoms with Crippen LogP contribution in [-0.4, -0.2) is 4.92 Å². The lowest BCUT2D eigenvalue weighted by molar-refractivity contribution is -0.384. The summed E-state index contributed by atoms with van der Waals surface area (Å²) in [6.07, 6.45) is 0.995. The predicted molar refractivity (Wildman–Crippen MR) is 77.3 cm³/mol. The zero-order valence-electron chi connectivity index (χ0n) is 10.7. The number of thiophene rings is 1. The van der Waals surface area contributed by atoms with Crippen molar-refractivity contribution in [1.82, 2.24) is 5.32 Å². The molecule has 0 spiro atoms. The average molecular weight is 276 g/mol. The Balaban J connectivity index is 2.01. The van der Waals surface area contributed by atoms with E-state index < -0.39 is 0 Å². The Bertz CT molecular complexity index is 540. The molecule has 1 heterocycles. The van der Waals surface area contributed by atoms with E-state index in [2.05, 4.69) is 23.7 Å². The number of nitro benzene ring substituents is 1. The minimum Gasteiger partial charge on any atom is -0.305 e. The fraction of sp³-hybridized carbons (Fsp3) is 0.286. The van der Waals surface area contributed by atoms with Crippen LogP contribution in [0.15, 0.2) is 41.8 Å². The Hall–Kier alpha value is -1.72. The highest BCUT2D eigenvalue weighted by Gasteiger charge is 2.10. The van der Waals surface area contributed by atoms with Crippen LogP contribution >= 0.6 is 11.3 Å². The van der Waals surface area contributed by atoms with Crippen molar-refractivity contribution < 1.29 is 4.92 Å². The van der Waals surface area contributed by atoms with E-state index in [-0.39, 0.29) is 10.6 Å². The molecule has 0 saturated heterocycles. The van der Waals surface area contributed by atoms with Crippen molar-refractivity contribution in [2.45, 2.75) is 25.9 Å². The highest BCUT2D eigenvalue weighted by atomic mass is 32.1. The second kappa shape index (κ2) is 6.45. The fourth-order valence-electron chi connectivity index (χ4n) is 1.96. The average Bonchev–Trinajstić information content (AvgIpc) is 2.94. The molecular weight excluding hydrogens is 260 g/mol. The molecule has 1 N–H and O–H groups in total. The summed E-state index contributed by atoms with van der Waals surface area (Å²) in [7, 11) is 0. The van der Waals surface area contributed by atoms with Crippen molar-refractivity contribution in [2.24, 2.45) is 0 Å². The van der Waals surface area contributed by atoms with E-state index in [0.29, 0.717) is 12.6 Å². The Morgan fingerprint density at radius 3 is 2.84 bits per heavy atom. The van der Waals surface area contributed by atoms with Crippen LogP contribution in [0.5, 0.6) is 0 Å². The molecule has 0 bridgehead atoms. The summed E-state index contributed by atoms with van der Waals surface area (Å²) in [6, 6.07) is 11.2. The molecule has 0 aliphatic rings.